The highest BCUT2D eigenvalue weighted by Crippen LogP contribution is 2.34. The van der Waals surface area contributed by atoms with Gasteiger partial charge in [-0.15, -0.1) is 0 Å². The summed E-state index contributed by atoms with van der Waals surface area (Å²) in [4.78, 5) is 33.0. The number of nitrogens with one attached hydrogen (secondary N) is 2. The maximum atomic E-state index is 13.7. The minimum Gasteiger partial charge on any atom is -0.495 e. The van der Waals surface area contributed by atoms with Crippen LogP contribution in [0, 0.1) is 6.92 Å². The first-order valence-corrected chi connectivity index (χ1v) is 12.9. The number of alkyl halides is 3. The summed E-state index contributed by atoms with van der Waals surface area (Å²) in [5.41, 5.74) is 2.90. The van der Waals surface area contributed by atoms with Crippen molar-refractivity contribution in [3.63, 3.8) is 0 Å². The number of aromatic amines is 1. The number of ether oxygens (including phenoxy) is 1. The van der Waals surface area contributed by atoms with E-state index in [2.05, 4.69) is 15.3 Å². The summed E-state index contributed by atoms with van der Waals surface area (Å²) in [5, 5.41) is 3.23. The van der Waals surface area contributed by atoms with Crippen LogP contribution in [0.1, 0.15) is 23.0 Å². The van der Waals surface area contributed by atoms with Crippen LogP contribution in [0.3, 0.4) is 0 Å². The topological polar surface area (TPSA) is 89.0 Å². The van der Waals surface area contributed by atoms with Crippen LogP contribution in [-0.2, 0) is 17.4 Å². The van der Waals surface area contributed by atoms with Gasteiger partial charge in [0.1, 0.15) is 11.8 Å². The maximum Gasteiger partial charge on any atom is 0.449 e. The fourth-order valence-corrected chi connectivity index (χ4v) is 4.80. The molecular formula is C30H24ClF3N4O3. The molecule has 2 aromatic heterocycles. The number of nitrogens with zero attached hydrogens (tertiary/aromatic N) is 2. The summed E-state index contributed by atoms with van der Waals surface area (Å²) in [5.74, 6) is -1.32. The summed E-state index contributed by atoms with van der Waals surface area (Å²) >= 11 is 6.21. The Hall–Kier alpha value is -4.57. The fraction of sp³-hybridized carbons (Fsp3) is 0.167. The van der Waals surface area contributed by atoms with E-state index >= 15 is 0 Å². The Balaban J connectivity index is 1.54. The number of carbonyl (C=O) groups is 1. The first kappa shape index (κ1) is 28.0. The molecule has 210 valence electrons. The van der Waals surface area contributed by atoms with E-state index < -0.39 is 29.5 Å². The van der Waals surface area contributed by atoms with Crippen molar-refractivity contribution in [2.24, 2.45) is 0 Å². The van der Waals surface area contributed by atoms with E-state index in [0.717, 1.165) is 11.1 Å². The number of methoxy groups -OCH3 is 1. The van der Waals surface area contributed by atoms with Crippen LogP contribution in [0.5, 0.6) is 5.75 Å². The lowest BCUT2D eigenvalue weighted by Gasteiger charge is -2.22. The molecule has 2 heterocycles. The van der Waals surface area contributed by atoms with Crippen molar-refractivity contribution in [2.75, 3.05) is 12.4 Å². The van der Waals surface area contributed by atoms with Crippen LogP contribution in [0.4, 0.5) is 18.9 Å². The minimum atomic E-state index is -4.64. The number of carbonyl (C=O) groups excluding carboxylic acids is 1. The Morgan fingerprint density at radius 1 is 1.07 bits per heavy atom. The van der Waals surface area contributed by atoms with Crippen molar-refractivity contribution < 1.29 is 22.7 Å². The summed E-state index contributed by atoms with van der Waals surface area (Å²) in [7, 11) is 1.47. The minimum absolute atomic E-state index is 0.0369. The standard InChI is InChI=1S/C30H24ClF3N4O3/c1-17-8-9-19(31)13-21(17)22-15-27(39)38(16-26(22)41-2)25(12-18-6-4-3-5-7-18)28(40)35-20-10-11-23-24(14-20)37-29(36-23)30(32,33)34/h3-11,13-16,25H,12H2,1-2H3,(H,35,40)(H,36,37). The average molecular weight is 581 g/mol. The predicted octanol–water partition coefficient (Wildman–Crippen LogP) is 6.80. The van der Waals surface area contributed by atoms with Gasteiger partial charge in [-0.2, -0.15) is 13.2 Å². The lowest BCUT2D eigenvalue weighted by molar-refractivity contribution is -0.144. The highest BCUT2D eigenvalue weighted by Gasteiger charge is 2.34. The summed E-state index contributed by atoms with van der Waals surface area (Å²) < 4.78 is 46.2. The Bertz CT molecular complexity index is 1800. The molecule has 1 atom stereocenters. The van der Waals surface area contributed by atoms with Crippen molar-refractivity contribution in [1.82, 2.24) is 14.5 Å². The number of hydrogen-bond acceptors (Lipinski definition) is 4. The number of aryl methyl sites for hydroxylation is 1. The number of amides is 1. The number of benzene rings is 3. The molecule has 1 unspecified atom stereocenters. The van der Waals surface area contributed by atoms with Crippen LogP contribution in [0.2, 0.25) is 5.02 Å². The third kappa shape index (κ3) is 5.97. The zero-order valence-corrected chi connectivity index (χ0v) is 22.7. The second-order valence-corrected chi connectivity index (χ2v) is 9.91. The fourth-order valence-electron chi connectivity index (χ4n) is 4.63. The molecule has 0 saturated carbocycles. The molecule has 5 rings (SSSR count). The van der Waals surface area contributed by atoms with Crippen molar-refractivity contribution in [1.29, 1.82) is 0 Å². The Morgan fingerprint density at radius 2 is 1.83 bits per heavy atom. The van der Waals surface area contributed by atoms with E-state index in [1.54, 1.807) is 12.1 Å². The van der Waals surface area contributed by atoms with E-state index in [4.69, 9.17) is 16.3 Å². The number of aromatic nitrogens is 3. The van der Waals surface area contributed by atoms with Gasteiger partial charge in [0.15, 0.2) is 0 Å². The van der Waals surface area contributed by atoms with Crippen LogP contribution in [0.15, 0.2) is 83.8 Å². The molecule has 41 heavy (non-hydrogen) atoms. The Kier molecular flexibility index (Phi) is 7.59. The number of H-pyrrole nitrogens is 1. The van der Waals surface area contributed by atoms with Crippen LogP contribution >= 0.6 is 11.6 Å². The molecule has 0 aliphatic heterocycles. The Morgan fingerprint density at radius 3 is 2.54 bits per heavy atom. The first-order chi connectivity index (χ1) is 19.5. The molecule has 1 amide bonds. The van der Waals surface area contributed by atoms with Crippen molar-refractivity contribution in [3.05, 3.63) is 111 Å². The second-order valence-electron chi connectivity index (χ2n) is 9.47. The Labute approximate surface area is 237 Å². The molecule has 0 radical (unpaired) electrons. The molecule has 0 bridgehead atoms. The maximum absolute atomic E-state index is 13.7. The zero-order chi connectivity index (χ0) is 29.3. The first-order valence-electron chi connectivity index (χ1n) is 12.5. The molecule has 0 aliphatic rings. The van der Waals surface area contributed by atoms with Gasteiger partial charge in [-0.1, -0.05) is 48.0 Å². The predicted molar refractivity (Wildman–Crippen MR) is 151 cm³/mol. The number of halogens is 4. The smallest absolute Gasteiger partial charge is 0.449 e. The molecule has 2 N–H and O–H groups in total. The van der Waals surface area contributed by atoms with Gasteiger partial charge in [-0.3, -0.25) is 14.2 Å². The quantitative estimate of drug-likeness (QED) is 0.221. The molecule has 0 fully saturated rings. The van der Waals surface area contributed by atoms with Crippen LogP contribution < -0.4 is 15.6 Å². The third-order valence-corrected chi connectivity index (χ3v) is 6.92. The van der Waals surface area contributed by atoms with Crippen LogP contribution in [0.25, 0.3) is 22.2 Å². The van der Waals surface area contributed by atoms with E-state index in [0.29, 0.717) is 21.9 Å². The van der Waals surface area contributed by atoms with Gasteiger partial charge in [0, 0.05) is 28.8 Å². The average Bonchev–Trinajstić information content (AvgIpc) is 3.38. The number of rotatable bonds is 7. The highest BCUT2D eigenvalue weighted by atomic mass is 35.5. The lowest BCUT2D eigenvalue weighted by Crippen LogP contribution is -2.34. The molecule has 0 spiro atoms. The number of imidazole rings is 1. The molecule has 0 aliphatic carbocycles. The summed E-state index contributed by atoms with van der Waals surface area (Å²) in [6.07, 6.45) is -2.99. The summed E-state index contributed by atoms with van der Waals surface area (Å²) in [6, 6.07) is 19.1. The molecule has 0 saturated heterocycles. The van der Waals surface area contributed by atoms with E-state index in [1.165, 1.54) is 42.1 Å². The molecule has 11 heteroatoms. The number of pyridine rings is 1. The van der Waals surface area contributed by atoms with Gasteiger partial charge >= 0.3 is 6.18 Å². The van der Waals surface area contributed by atoms with E-state index in [-0.39, 0.29) is 23.1 Å². The highest BCUT2D eigenvalue weighted by molar-refractivity contribution is 6.30. The van der Waals surface area contributed by atoms with Crippen molar-refractivity contribution in [2.45, 2.75) is 25.6 Å². The number of hydrogen-bond donors (Lipinski definition) is 2. The zero-order valence-electron chi connectivity index (χ0n) is 21.9. The van der Waals surface area contributed by atoms with E-state index in [9.17, 15) is 22.8 Å². The van der Waals surface area contributed by atoms with Crippen molar-refractivity contribution >= 4 is 34.2 Å². The van der Waals surface area contributed by atoms with E-state index in [1.807, 2.05) is 43.3 Å². The summed E-state index contributed by atoms with van der Waals surface area (Å²) in [6.45, 7) is 1.89. The molecular weight excluding hydrogens is 557 g/mol. The van der Waals surface area contributed by atoms with Gasteiger partial charge in [-0.25, -0.2) is 4.98 Å². The van der Waals surface area contributed by atoms with Gasteiger partial charge in [0.25, 0.3) is 5.56 Å². The molecule has 5 aromatic rings. The molecule has 3 aromatic carbocycles. The van der Waals surface area contributed by atoms with Crippen LogP contribution in [-0.4, -0.2) is 27.6 Å². The van der Waals surface area contributed by atoms with Gasteiger partial charge in [0.2, 0.25) is 11.7 Å². The van der Waals surface area contributed by atoms with Gasteiger partial charge < -0.3 is 15.0 Å². The SMILES string of the molecule is COc1cn(C(Cc2ccccc2)C(=O)Nc2ccc3[nH]c(C(F)(F)F)nc3c2)c(=O)cc1-c1cc(Cl)ccc1C. The number of anilines is 1. The largest absolute Gasteiger partial charge is 0.495 e. The third-order valence-electron chi connectivity index (χ3n) is 6.68. The second kappa shape index (κ2) is 11.1. The monoisotopic (exact) mass is 580 g/mol. The van der Waals surface area contributed by atoms with Gasteiger partial charge in [0.05, 0.1) is 24.3 Å². The lowest BCUT2D eigenvalue weighted by atomic mass is 10.00. The number of fused-ring (bicyclic) bond motifs is 1. The van der Waals surface area contributed by atoms with Crippen molar-refractivity contribution in [3.8, 4) is 16.9 Å². The van der Waals surface area contributed by atoms with Gasteiger partial charge in [-0.05, 0) is 53.9 Å². The normalized spacial score (nSPS) is 12.3. The molecule has 7 nitrogen and oxygen atoms in total.